The predicted octanol–water partition coefficient (Wildman–Crippen LogP) is 9.25. The first-order chi connectivity index (χ1) is 21.1. The summed E-state index contributed by atoms with van der Waals surface area (Å²) in [5.74, 6) is -0.674. The third-order valence-corrected chi connectivity index (χ3v) is 7.18. The molecule has 2 N–H and O–H groups in total. The van der Waals surface area contributed by atoms with Crippen LogP contribution in [0.5, 0.6) is 0 Å². The van der Waals surface area contributed by atoms with Crippen molar-refractivity contribution in [1.29, 1.82) is 0 Å². The topological polar surface area (TPSA) is 93.1 Å². The number of esters is 2. The molecule has 0 bridgehead atoms. The van der Waals surface area contributed by atoms with Crippen molar-refractivity contribution in [2.75, 3.05) is 19.8 Å². The molecule has 0 aromatic carbocycles. The summed E-state index contributed by atoms with van der Waals surface area (Å²) in [4.78, 5) is 24.1. The van der Waals surface area contributed by atoms with Crippen LogP contribution in [0.15, 0.2) is 48.6 Å². The molecule has 0 saturated heterocycles. The minimum absolute atomic E-state index is 0.101. The number of carbonyl (C=O) groups excluding carboxylic acids is 2. The SMILES string of the molecule is CCCCCCCCCCCCCC(=O)O[C@@H](CO)COC(=O)CCC/C=C\C/C=C\C/C=C\C/C=C\CCCCCO. The van der Waals surface area contributed by atoms with Crippen LogP contribution in [0, 0.1) is 0 Å². The van der Waals surface area contributed by atoms with Crippen LogP contribution in [-0.2, 0) is 19.1 Å². The molecule has 0 fully saturated rings. The second-order valence-electron chi connectivity index (χ2n) is 11.3. The lowest BCUT2D eigenvalue weighted by molar-refractivity contribution is -0.161. The first-order valence-corrected chi connectivity index (χ1v) is 17.3. The second kappa shape index (κ2) is 34.3. The molecule has 6 heteroatoms. The maximum atomic E-state index is 12.1. The zero-order valence-corrected chi connectivity index (χ0v) is 27.4. The van der Waals surface area contributed by atoms with E-state index in [2.05, 4.69) is 55.5 Å². The monoisotopic (exact) mass is 604 g/mol. The molecule has 43 heavy (non-hydrogen) atoms. The Hall–Kier alpha value is -2.18. The molecule has 0 unspecified atom stereocenters. The first kappa shape index (κ1) is 40.8. The molecule has 0 radical (unpaired) electrons. The molecule has 1 atom stereocenters. The van der Waals surface area contributed by atoms with E-state index < -0.39 is 6.10 Å². The summed E-state index contributed by atoms with van der Waals surface area (Å²) in [6.07, 6.45) is 38.9. The molecular formula is C37H64O6. The summed E-state index contributed by atoms with van der Waals surface area (Å²) >= 11 is 0. The Morgan fingerprint density at radius 1 is 0.558 bits per heavy atom. The fourth-order valence-electron chi connectivity index (χ4n) is 4.52. The lowest BCUT2D eigenvalue weighted by Gasteiger charge is -2.15. The van der Waals surface area contributed by atoms with Crippen LogP contribution in [0.3, 0.4) is 0 Å². The molecule has 248 valence electrons. The van der Waals surface area contributed by atoms with Crippen molar-refractivity contribution < 1.29 is 29.3 Å². The van der Waals surface area contributed by atoms with Gasteiger partial charge < -0.3 is 19.7 Å². The second-order valence-corrected chi connectivity index (χ2v) is 11.3. The quantitative estimate of drug-likeness (QED) is 0.0465. The van der Waals surface area contributed by atoms with Crippen LogP contribution < -0.4 is 0 Å². The highest BCUT2D eigenvalue weighted by molar-refractivity contribution is 5.70. The average molecular weight is 605 g/mol. The van der Waals surface area contributed by atoms with E-state index in [4.69, 9.17) is 14.6 Å². The first-order valence-electron chi connectivity index (χ1n) is 17.3. The van der Waals surface area contributed by atoms with Gasteiger partial charge in [-0.15, -0.1) is 0 Å². The molecule has 0 aliphatic rings. The molecule has 0 aliphatic heterocycles. The number of allylic oxidation sites excluding steroid dienone is 8. The van der Waals surface area contributed by atoms with E-state index in [0.717, 1.165) is 70.6 Å². The number of aliphatic hydroxyl groups is 2. The van der Waals surface area contributed by atoms with Gasteiger partial charge in [0.2, 0.25) is 0 Å². The summed E-state index contributed by atoms with van der Waals surface area (Å²) in [6.45, 7) is 2.08. The molecule has 0 heterocycles. The lowest BCUT2D eigenvalue weighted by atomic mass is 10.1. The Morgan fingerprint density at radius 3 is 1.56 bits per heavy atom. The molecule has 0 amide bonds. The predicted molar refractivity (Wildman–Crippen MR) is 179 cm³/mol. The van der Waals surface area contributed by atoms with Gasteiger partial charge in [0.1, 0.15) is 6.61 Å². The van der Waals surface area contributed by atoms with E-state index in [1.54, 1.807) is 0 Å². The van der Waals surface area contributed by atoms with E-state index in [0.29, 0.717) is 25.9 Å². The van der Waals surface area contributed by atoms with Crippen LogP contribution in [0.25, 0.3) is 0 Å². The van der Waals surface area contributed by atoms with Crippen molar-refractivity contribution in [3.8, 4) is 0 Å². The van der Waals surface area contributed by atoms with Gasteiger partial charge in [-0.05, 0) is 57.8 Å². The summed E-state index contributed by atoms with van der Waals surface area (Å²) in [7, 11) is 0. The highest BCUT2D eigenvalue weighted by atomic mass is 16.6. The standard InChI is InChI=1S/C37H64O6/c1-2-3-4-5-6-7-15-19-22-25-28-31-37(41)43-35(33-39)34-42-36(40)30-27-24-21-18-16-13-11-9-8-10-12-14-17-20-23-26-29-32-38/h8,10-11,13-14,17-18,21,35,38-39H,2-7,9,12,15-16,19-20,22-34H2,1H3/b10-8-,13-11-,17-14-,21-18-/t35-/m0/s1. The number of rotatable bonds is 31. The van der Waals surface area contributed by atoms with Crippen molar-refractivity contribution >= 4 is 11.9 Å². The van der Waals surface area contributed by atoms with Crippen LogP contribution in [-0.4, -0.2) is 48.1 Å². The number of hydrogen-bond acceptors (Lipinski definition) is 6. The van der Waals surface area contributed by atoms with Crippen LogP contribution in [0.1, 0.15) is 148 Å². The van der Waals surface area contributed by atoms with Gasteiger partial charge >= 0.3 is 11.9 Å². The van der Waals surface area contributed by atoms with Crippen molar-refractivity contribution in [2.24, 2.45) is 0 Å². The Balaban J connectivity index is 3.70. The fraction of sp³-hybridized carbons (Fsp3) is 0.730. The molecule has 0 spiro atoms. The Bertz CT molecular complexity index is 739. The average Bonchev–Trinajstić information content (AvgIpc) is 3.01. The molecule has 0 aromatic rings. The van der Waals surface area contributed by atoms with E-state index in [-0.39, 0.29) is 25.2 Å². The highest BCUT2D eigenvalue weighted by Gasteiger charge is 2.16. The van der Waals surface area contributed by atoms with Gasteiger partial charge in [-0.25, -0.2) is 0 Å². The third kappa shape index (κ3) is 32.6. The Kier molecular flexibility index (Phi) is 32.6. The number of hydrogen-bond donors (Lipinski definition) is 2. The van der Waals surface area contributed by atoms with Crippen LogP contribution >= 0.6 is 0 Å². The van der Waals surface area contributed by atoms with Crippen molar-refractivity contribution in [1.82, 2.24) is 0 Å². The highest BCUT2D eigenvalue weighted by Crippen LogP contribution is 2.12. The van der Waals surface area contributed by atoms with Gasteiger partial charge in [-0.3, -0.25) is 9.59 Å². The van der Waals surface area contributed by atoms with Gasteiger partial charge in [-0.2, -0.15) is 0 Å². The van der Waals surface area contributed by atoms with Crippen LogP contribution in [0.2, 0.25) is 0 Å². The maximum Gasteiger partial charge on any atom is 0.306 e. The van der Waals surface area contributed by atoms with Gasteiger partial charge in [0, 0.05) is 19.4 Å². The molecule has 0 aliphatic carbocycles. The van der Waals surface area contributed by atoms with Gasteiger partial charge in [0.25, 0.3) is 0 Å². The van der Waals surface area contributed by atoms with Gasteiger partial charge in [0.15, 0.2) is 6.10 Å². The van der Waals surface area contributed by atoms with Crippen LogP contribution in [0.4, 0.5) is 0 Å². The molecule has 6 nitrogen and oxygen atoms in total. The van der Waals surface area contributed by atoms with Gasteiger partial charge in [0.05, 0.1) is 6.61 Å². The number of aliphatic hydroxyl groups excluding tert-OH is 2. The Morgan fingerprint density at radius 2 is 1.02 bits per heavy atom. The lowest BCUT2D eigenvalue weighted by Crippen LogP contribution is -2.28. The molecule has 0 rings (SSSR count). The third-order valence-electron chi connectivity index (χ3n) is 7.18. The van der Waals surface area contributed by atoms with Crippen molar-refractivity contribution in [3.05, 3.63) is 48.6 Å². The summed E-state index contributed by atoms with van der Waals surface area (Å²) < 4.78 is 10.5. The summed E-state index contributed by atoms with van der Waals surface area (Å²) in [5, 5.41) is 18.2. The fourth-order valence-corrected chi connectivity index (χ4v) is 4.52. The zero-order chi connectivity index (χ0) is 31.5. The maximum absolute atomic E-state index is 12.1. The number of ether oxygens (including phenoxy) is 2. The van der Waals surface area contributed by atoms with E-state index in [1.165, 1.54) is 51.4 Å². The Labute approximate surface area is 263 Å². The normalized spacial score (nSPS) is 12.7. The summed E-state index contributed by atoms with van der Waals surface area (Å²) in [5.41, 5.74) is 0. The zero-order valence-electron chi connectivity index (χ0n) is 27.4. The van der Waals surface area contributed by atoms with Crippen molar-refractivity contribution in [3.63, 3.8) is 0 Å². The summed E-state index contributed by atoms with van der Waals surface area (Å²) in [6, 6.07) is 0. The molecule has 0 saturated carbocycles. The largest absolute Gasteiger partial charge is 0.462 e. The number of carbonyl (C=O) groups is 2. The molecular weight excluding hydrogens is 540 g/mol. The smallest absolute Gasteiger partial charge is 0.306 e. The van der Waals surface area contributed by atoms with E-state index >= 15 is 0 Å². The molecule has 0 aromatic heterocycles. The minimum atomic E-state index is -0.796. The van der Waals surface area contributed by atoms with E-state index in [1.807, 2.05) is 0 Å². The van der Waals surface area contributed by atoms with E-state index in [9.17, 15) is 14.7 Å². The number of unbranched alkanes of at least 4 members (excludes halogenated alkanes) is 14. The van der Waals surface area contributed by atoms with Gasteiger partial charge in [-0.1, -0.05) is 126 Å². The van der Waals surface area contributed by atoms with Crippen molar-refractivity contribution in [2.45, 2.75) is 154 Å². The minimum Gasteiger partial charge on any atom is -0.462 e.